The van der Waals surface area contributed by atoms with Crippen LogP contribution in [0.15, 0.2) is 54.6 Å². The number of aryl methyl sites for hydroxylation is 1. The van der Waals surface area contributed by atoms with Gasteiger partial charge in [-0.1, -0.05) is 48.0 Å². The summed E-state index contributed by atoms with van der Waals surface area (Å²) in [6, 6.07) is 17.7. The van der Waals surface area contributed by atoms with Crippen molar-refractivity contribution in [2.45, 2.75) is 13.5 Å². The van der Waals surface area contributed by atoms with Gasteiger partial charge in [-0.3, -0.25) is 14.8 Å². The fraction of sp³-hybridized carbons (Fsp3) is 0.273. The van der Waals surface area contributed by atoms with Crippen molar-refractivity contribution in [3.63, 3.8) is 0 Å². The molecule has 1 fully saturated rings. The highest BCUT2D eigenvalue weighted by molar-refractivity contribution is 6.30. The van der Waals surface area contributed by atoms with E-state index < -0.39 is 0 Å². The van der Waals surface area contributed by atoms with Crippen LogP contribution in [0.4, 0.5) is 0 Å². The lowest BCUT2D eigenvalue weighted by atomic mass is 10.1. The van der Waals surface area contributed by atoms with E-state index in [1.54, 1.807) is 0 Å². The molecule has 1 aliphatic rings. The molecule has 0 unspecified atom stereocenters. The summed E-state index contributed by atoms with van der Waals surface area (Å²) in [5.74, 6) is 0.00301. The highest BCUT2D eigenvalue weighted by Crippen LogP contribution is 2.21. The average molecular weight is 395 g/mol. The van der Waals surface area contributed by atoms with E-state index in [0.717, 1.165) is 44.0 Å². The normalized spacial score (nSPS) is 15.0. The lowest BCUT2D eigenvalue weighted by molar-refractivity contribution is 0.0622. The van der Waals surface area contributed by atoms with Gasteiger partial charge in [0.1, 0.15) is 5.69 Å². The zero-order valence-electron chi connectivity index (χ0n) is 15.9. The predicted octanol–water partition coefficient (Wildman–Crippen LogP) is 4.00. The number of nitrogens with zero attached hydrogens (tertiary/aromatic N) is 3. The van der Waals surface area contributed by atoms with Gasteiger partial charge in [-0.15, -0.1) is 0 Å². The highest BCUT2D eigenvalue weighted by atomic mass is 35.5. The summed E-state index contributed by atoms with van der Waals surface area (Å²) in [4.78, 5) is 17.1. The SMILES string of the molecule is Cc1ccccc1CN1CCN(C(=O)c2cc(-c3ccc(Cl)cc3)n[nH]2)CC1. The van der Waals surface area contributed by atoms with Crippen LogP contribution >= 0.6 is 11.6 Å². The second kappa shape index (κ2) is 8.17. The second-order valence-electron chi connectivity index (χ2n) is 7.17. The van der Waals surface area contributed by atoms with Crippen molar-refractivity contribution in [3.05, 3.63) is 76.4 Å². The molecule has 2 heterocycles. The molecule has 28 heavy (non-hydrogen) atoms. The maximum Gasteiger partial charge on any atom is 0.271 e. The molecule has 0 spiro atoms. The molecule has 1 aliphatic heterocycles. The summed E-state index contributed by atoms with van der Waals surface area (Å²) in [7, 11) is 0. The number of amides is 1. The molecule has 1 aromatic heterocycles. The standard InChI is InChI=1S/C22H23ClN4O/c1-16-4-2-3-5-18(16)15-26-10-12-27(13-11-26)22(28)21-14-20(24-25-21)17-6-8-19(23)9-7-17/h2-9,14H,10-13,15H2,1H3,(H,24,25). The van der Waals surface area contributed by atoms with Gasteiger partial charge in [-0.25, -0.2) is 0 Å². The van der Waals surface area contributed by atoms with Crippen LogP contribution in [-0.2, 0) is 6.54 Å². The molecule has 2 aromatic carbocycles. The minimum absolute atomic E-state index is 0.00301. The topological polar surface area (TPSA) is 52.2 Å². The fourth-order valence-electron chi connectivity index (χ4n) is 3.51. The molecule has 0 saturated carbocycles. The first-order valence-electron chi connectivity index (χ1n) is 9.47. The van der Waals surface area contributed by atoms with Crippen LogP contribution in [0, 0.1) is 6.92 Å². The second-order valence-corrected chi connectivity index (χ2v) is 7.61. The Balaban J connectivity index is 1.36. The Morgan fingerprint density at radius 1 is 1.07 bits per heavy atom. The third-order valence-corrected chi connectivity index (χ3v) is 5.51. The van der Waals surface area contributed by atoms with Gasteiger partial charge in [0.2, 0.25) is 0 Å². The number of nitrogens with one attached hydrogen (secondary N) is 1. The molecular formula is C22H23ClN4O. The molecule has 0 bridgehead atoms. The average Bonchev–Trinajstić information content (AvgIpc) is 3.20. The summed E-state index contributed by atoms with van der Waals surface area (Å²) < 4.78 is 0. The molecule has 6 heteroatoms. The van der Waals surface area contributed by atoms with Crippen molar-refractivity contribution in [2.75, 3.05) is 26.2 Å². The summed E-state index contributed by atoms with van der Waals surface area (Å²) >= 11 is 5.93. The van der Waals surface area contributed by atoms with Crippen molar-refractivity contribution < 1.29 is 4.79 Å². The molecule has 4 rings (SSSR count). The first-order valence-corrected chi connectivity index (χ1v) is 9.85. The lowest BCUT2D eigenvalue weighted by Gasteiger charge is -2.34. The molecule has 1 N–H and O–H groups in total. The molecule has 0 radical (unpaired) electrons. The molecule has 5 nitrogen and oxygen atoms in total. The predicted molar refractivity (Wildman–Crippen MR) is 111 cm³/mol. The maximum absolute atomic E-state index is 12.8. The lowest BCUT2D eigenvalue weighted by Crippen LogP contribution is -2.48. The van der Waals surface area contributed by atoms with E-state index in [1.807, 2.05) is 35.2 Å². The Labute approximate surface area is 169 Å². The van der Waals surface area contributed by atoms with Crippen molar-refractivity contribution in [3.8, 4) is 11.3 Å². The zero-order valence-corrected chi connectivity index (χ0v) is 16.6. The highest BCUT2D eigenvalue weighted by Gasteiger charge is 2.24. The van der Waals surface area contributed by atoms with Crippen LogP contribution in [0.3, 0.4) is 0 Å². The molecule has 0 atom stereocenters. The molecule has 0 aliphatic carbocycles. The fourth-order valence-corrected chi connectivity index (χ4v) is 3.63. The number of benzene rings is 2. The number of hydrogen-bond acceptors (Lipinski definition) is 3. The summed E-state index contributed by atoms with van der Waals surface area (Å²) in [5, 5.41) is 7.85. The number of piperazine rings is 1. The van der Waals surface area contributed by atoms with E-state index in [-0.39, 0.29) is 5.91 Å². The number of hydrogen-bond donors (Lipinski definition) is 1. The van der Waals surface area contributed by atoms with Crippen LogP contribution in [-0.4, -0.2) is 52.1 Å². The van der Waals surface area contributed by atoms with Crippen LogP contribution in [0.5, 0.6) is 0 Å². The Morgan fingerprint density at radius 3 is 2.50 bits per heavy atom. The third-order valence-electron chi connectivity index (χ3n) is 5.26. The van der Waals surface area contributed by atoms with E-state index in [9.17, 15) is 4.79 Å². The first kappa shape index (κ1) is 18.7. The van der Waals surface area contributed by atoms with Crippen LogP contribution in [0.25, 0.3) is 11.3 Å². The minimum atomic E-state index is 0.00301. The first-order chi connectivity index (χ1) is 13.6. The number of aromatic amines is 1. The third kappa shape index (κ3) is 4.11. The van der Waals surface area contributed by atoms with E-state index in [2.05, 4.69) is 46.3 Å². The Morgan fingerprint density at radius 2 is 1.79 bits per heavy atom. The number of carbonyl (C=O) groups excluding carboxylic acids is 1. The summed E-state index contributed by atoms with van der Waals surface area (Å²) in [5.41, 5.74) is 4.87. The van der Waals surface area contributed by atoms with Crippen LogP contribution in [0.2, 0.25) is 5.02 Å². The minimum Gasteiger partial charge on any atom is -0.335 e. The van der Waals surface area contributed by atoms with Crippen molar-refractivity contribution in [1.29, 1.82) is 0 Å². The van der Waals surface area contributed by atoms with Gasteiger partial charge in [0.25, 0.3) is 5.91 Å². The van der Waals surface area contributed by atoms with Crippen molar-refractivity contribution in [1.82, 2.24) is 20.0 Å². The van der Waals surface area contributed by atoms with E-state index in [1.165, 1.54) is 11.1 Å². The number of aromatic nitrogens is 2. The Bertz CT molecular complexity index is 959. The van der Waals surface area contributed by atoms with E-state index in [0.29, 0.717) is 10.7 Å². The van der Waals surface area contributed by atoms with Gasteiger partial charge in [0, 0.05) is 43.3 Å². The number of carbonyl (C=O) groups is 1. The van der Waals surface area contributed by atoms with Gasteiger partial charge < -0.3 is 4.90 Å². The largest absolute Gasteiger partial charge is 0.335 e. The smallest absolute Gasteiger partial charge is 0.271 e. The monoisotopic (exact) mass is 394 g/mol. The molecular weight excluding hydrogens is 372 g/mol. The van der Waals surface area contributed by atoms with Crippen LogP contribution in [0.1, 0.15) is 21.6 Å². The van der Waals surface area contributed by atoms with Gasteiger partial charge in [0.05, 0.1) is 5.69 Å². The number of H-pyrrole nitrogens is 1. The van der Waals surface area contributed by atoms with Gasteiger partial charge in [-0.05, 0) is 36.2 Å². The summed E-state index contributed by atoms with van der Waals surface area (Å²) in [6.07, 6.45) is 0. The summed E-state index contributed by atoms with van der Waals surface area (Å²) in [6.45, 7) is 6.27. The maximum atomic E-state index is 12.8. The van der Waals surface area contributed by atoms with Crippen LogP contribution < -0.4 is 0 Å². The molecule has 144 valence electrons. The van der Waals surface area contributed by atoms with E-state index in [4.69, 9.17) is 11.6 Å². The van der Waals surface area contributed by atoms with Gasteiger partial charge >= 0.3 is 0 Å². The molecule has 1 amide bonds. The Hall–Kier alpha value is -2.63. The number of rotatable bonds is 4. The number of halogens is 1. The zero-order chi connectivity index (χ0) is 19.5. The molecule has 3 aromatic rings. The van der Waals surface area contributed by atoms with E-state index >= 15 is 0 Å². The quantitative estimate of drug-likeness (QED) is 0.727. The van der Waals surface area contributed by atoms with Gasteiger partial charge in [0.15, 0.2) is 0 Å². The van der Waals surface area contributed by atoms with Crippen molar-refractivity contribution in [2.24, 2.45) is 0 Å². The van der Waals surface area contributed by atoms with Gasteiger partial charge in [-0.2, -0.15) is 5.10 Å². The molecule has 1 saturated heterocycles. The van der Waals surface area contributed by atoms with Crippen molar-refractivity contribution >= 4 is 17.5 Å². The Kier molecular flexibility index (Phi) is 5.46.